The van der Waals surface area contributed by atoms with Crippen LogP contribution in [-0.2, 0) is 0 Å². The van der Waals surface area contributed by atoms with Crippen LogP contribution < -0.4 is 10.5 Å². The van der Waals surface area contributed by atoms with E-state index >= 15 is 0 Å². The maximum absolute atomic E-state index is 13.2. The zero-order valence-electron chi connectivity index (χ0n) is 10.2. The second-order valence-corrected chi connectivity index (χ2v) is 3.86. The fraction of sp³-hybridized carbons (Fsp3) is 0.0769. The zero-order chi connectivity index (χ0) is 13.8. The van der Waals surface area contributed by atoms with Gasteiger partial charge in [-0.15, -0.1) is 0 Å². The topological polar surface area (TPSA) is 80.7 Å². The van der Waals surface area contributed by atoms with E-state index in [0.717, 1.165) is 11.8 Å². The van der Waals surface area contributed by atoms with Crippen molar-refractivity contribution in [1.82, 2.24) is 4.98 Å². The fourth-order valence-corrected chi connectivity index (χ4v) is 1.49. The molecule has 1 aromatic heterocycles. The number of amidine groups is 1. The number of oxime groups is 1. The van der Waals surface area contributed by atoms with Crippen LogP contribution in [0.5, 0.6) is 11.5 Å². The summed E-state index contributed by atoms with van der Waals surface area (Å²) in [6, 6.07) is 7.27. The Morgan fingerprint density at radius 3 is 2.79 bits per heavy atom. The molecule has 19 heavy (non-hydrogen) atoms. The van der Waals surface area contributed by atoms with Gasteiger partial charge in [-0.05, 0) is 37.3 Å². The molecule has 0 atom stereocenters. The molecule has 0 amide bonds. The molecule has 2 rings (SSSR count). The van der Waals surface area contributed by atoms with Crippen LogP contribution in [-0.4, -0.2) is 16.0 Å². The number of aromatic nitrogens is 1. The molecule has 1 heterocycles. The third-order valence-electron chi connectivity index (χ3n) is 2.44. The van der Waals surface area contributed by atoms with Gasteiger partial charge in [-0.2, -0.15) is 0 Å². The Morgan fingerprint density at radius 1 is 1.37 bits per heavy atom. The lowest BCUT2D eigenvalue weighted by Gasteiger charge is -2.10. The maximum atomic E-state index is 13.2. The highest BCUT2D eigenvalue weighted by molar-refractivity contribution is 5.99. The van der Waals surface area contributed by atoms with E-state index in [1.54, 1.807) is 12.1 Å². The second kappa shape index (κ2) is 5.34. The van der Waals surface area contributed by atoms with E-state index in [2.05, 4.69) is 10.1 Å². The summed E-state index contributed by atoms with van der Waals surface area (Å²) in [6.07, 6.45) is 1.54. The molecule has 6 heteroatoms. The monoisotopic (exact) mass is 261 g/mol. The molecule has 0 aliphatic carbocycles. The summed E-state index contributed by atoms with van der Waals surface area (Å²) >= 11 is 0. The molecule has 0 aliphatic rings. The van der Waals surface area contributed by atoms with Crippen molar-refractivity contribution in [2.45, 2.75) is 6.92 Å². The average molecular weight is 261 g/mol. The molecule has 3 N–H and O–H groups in total. The van der Waals surface area contributed by atoms with Crippen molar-refractivity contribution in [3.05, 3.63) is 53.6 Å². The summed E-state index contributed by atoms with van der Waals surface area (Å²) in [5, 5.41) is 11.5. The van der Waals surface area contributed by atoms with Crippen LogP contribution in [0.1, 0.15) is 11.3 Å². The number of halogens is 1. The summed E-state index contributed by atoms with van der Waals surface area (Å²) in [4.78, 5) is 4.08. The van der Waals surface area contributed by atoms with Crippen molar-refractivity contribution >= 4 is 5.84 Å². The fourth-order valence-electron chi connectivity index (χ4n) is 1.49. The van der Waals surface area contributed by atoms with Crippen LogP contribution in [0.2, 0.25) is 0 Å². The molecule has 0 saturated heterocycles. The first kappa shape index (κ1) is 12.8. The molecule has 2 aromatic rings. The van der Waals surface area contributed by atoms with E-state index in [1.807, 2.05) is 6.92 Å². The number of aryl methyl sites for hydroxylation is 1. The molecule has 0 aliphatic heterocycles. The lowest BCUT2D eigenvalue weighted by Crippen LogP contribution is -2.14. The lowest BCUT2D eigenvalue weighted by atomic mass is 10.2. The van der Waals surface area contributed by atoms with E-state index in [4.69, 9.17) is 15.7 Å². The van der Waals surface area contributed by atoms with Crippen molar-refractivity contribution in [2.24, 2.45) is 10.9 Å². The van der Waals surface area contributed by atoms with Crippen LogP contribution in [0.25, 0.3) is 0 Å². The first-order chi connectivity index (χ1) is 9.10. The molecule has 0 bridgehead atoms. The number of nitrogens with zero attached hydrogens (tertiary/aromatic N) is 2. The Kier molecular flexibility index (Phi) is 3.61. The molecule has 98 valence electrons. The largest absolute Gasteiger partial charge is 0.455 e. The standard InChI is InChI=1S/C13H12FN3O2/c1-8-2-4-10(7-16-8)19-12-5-3-9(14)6-11(12)13(15)17-18/h2-7,18H,1H3,(H2,15,17). The molecule has 0 saturated carbocycles. The highest BCUT2D eigenvalue weighted by Crippen LogP contribution is 2.25. The smallest absolute Gasteiger partial charge is 0.173 e. The number of pyridine rings is 1. The summed E-state index contributed by atoms with van der Waals surface area (Å²) in [6.45, 7) is 1.85. The number of ether oxygens (including phenoxy) is 1. The SMILES string of the molecule is Cc1ccc(Oc2ccc(F)cc2C(N)=NO)cn1. The Labute approximate surface area is 109 Å². The molecular formula is C13H12FN3O2. The van der Waals surface area contributed by atoms with Gasteiger partial charge in [0.2, 0.25) is 0 Å². The van der Waals surface area contributed by atoms with E-state index in [-0.39, 0.29) is 17.1 Å². The van der Waals surface area contributed by atoms with Crippen LogP contribution in [0, 0.1) is 12.7 Å². The van der Waals surface area contributed by atoms with Gasteiger partial charge < -0.3 is 15.7 Å². The van der Waals surface area contributed by atoms with Gasteiger partial charge in [-0.25, -0.2) is 4.39 Å². The Balaban J connectivity index is 2.37. The second-order valence-electron chi connectivity index (χ2n) is 3.86. The molecule has 0 unspecified atom stereocenters. The predicted octanol–water partition coefficient (Wildman–Crippen LogP) is 2.42. The molecule has 0 fully saturated rings. The van der Waals surface area contributed by atoms with E-state index in [0.29, 0.717) is 5.75 Å². The molecule has 5 nitrogen and oxygen atoms in total. The van der Waals surface area contributed by atoms with E-state index in [9.17, 15) is 4.39 Å². The minimum atomic E-state index is -0.504. The minimum Gasteiger partial charge on any atom is -0.455 e. The lowest BCUT2D eigenvalue weighted by molar-refractivity contribution is 0.318. The summed E-state index contributed by atoms with van der Waals surface area (Å²) < 4.78 is 18.7. The summed E-state index contributed by atoms with van der Waals surface area (Å²) in [5.74, 6) is 0.0251. The Hall–Kier alpha value is -2.63. The molecule has 1 aromatic carbocycles. The first-order valence-corrected chi connectivity index (χ1v) is 5.48. The van der Waals surface area contributed by atoms with Crippen molar-refractivity contribution in [3.8, 4) is 11.5 Å². The Bertz CT molecular complexity index is 612. The van der Waals surface area contributed by atoms with Gasteiger partial charge in [0.25, 0.3) is 0 Å². The van der Waals surface area contributed by atoms with Gasteiger partial charge in [0.1, 0.15) is 17.3 Å². The quantitative estimate of drug-likeness (QED) is 0.385. The van der Waals surface area contributed by atoms with Crippen LogP contribution in [0.15, 0.2) is 41.7 Å². The Morgan fingerprint density at radius 2 is 2.16 bits per heavy atom. The minimum absolute atomic E-state index is 0.170. The number of benzene rings is 1. The molecule has 0 spiro atoms. The van der Waals surface area contributed by atoms with E-state index in [1.165, 1.54) is 18.3 Å². The molecule has 0 radical (unpaired) electrons. The van der Waals surface area contributed by atoms with Gasteiger partial charge in [0.05, 0.1) is 11.8 Å². The summed E-state index contributed by atoms with van der Waals surface area (Å²) in [7, 11) is 0. The van der Waals surface area contributed by atoms with Crippen molar-refractivity contribution in [2.75, 3.05) is 0 Å². The van der Waals surface area contributed by atoms with Gasteiger partial charge >= 0.3 is 0 Å². The van der Waals surface area contributed by atoms with Crippen molar-refractivity contribution in [3.63, 3.8) is 0 Å². The highest BCUT2D eigenvalue weighted by Gasteiger charge is 2.11. The van der Waals surface area contributed by atoms with Gasteiger partial charge in [0.15, 0.2) is 5.84 Å². The highest BCUT2D eigenvalue weighted by atomic mass is 19.1. The van der Waals surface area contributed by atoms with Crippen LogP contribution >= 0.6 is 0 Å². The zero-order valence-corrected chi connectivity index (χ0v) is 10.2. The first-order valence-electron chi connectivity index (χ1n) is 5.48. The number of rotatable bonds is 3. The third-order valence-corrected chi connectivity index (χ3v) is 2.44. The predicted molar refractivity (Wildman–Crippen MR) is 68.0 cm³/mol. The van der Waals surface area contributed by atoms with Crippen LogP contribution in [0.4, 0.5) is 4.39 Å². The van der Waals surface area contributed by atoms with Crippen molar-refractivity contribution in [1.29, 1.82) is 0 Å². The van der Waals surface area contributed by atoms with Crippen LogP contribution in [0.3, 0.4) is 0 Å². The summed E-state index contributed by atoms with van der Waals surface area (Å²) in [5.41, 5.74) is 6.50. The average Bonchev–Trinajstić information content (AvgIpc) is 2.42. The van der Waals surface area contributed by atoms with Gasteiger partial charge in [-0.3, -0.25) is 4.98 Å². The van der Waals surface area contributed by atoms with Gasteiger partial charge in [0, 0.05) is 5.69 Å². The number of hydrogen-bond acceptors (Lipinski definition) is 4. The normalized spacial score (nSPS) is 11.4. The number of nitrogens with two attached hydrogens (primary N) is 1. The van der Waals surface area contributed by atoms with Crippen molar-refractivity contribution < 1.29 is 14.3 Å². The molecular weight excluding hydrogens is 249 g/mol. The third kappa shape index (κ3) is 2.98. The van der Waals surface area contributed by atoms with Gasteiger partial charge in [-0.1, -0.05) is 5.16 Å². The number of hydrogen-bond donors (Lipinski definition) is 2. The van der Waals surface area contributed by atoms with E-state index < -0.39 is 5.82 Å². The maximum Gasteiger partial charge on any atom is 0.173 e.